The lowest BCUT2D eigenvalue weighted by Crippen LogP contribution is -2.57. The lowest BCUT2D eigenvalue weighted by Gasteiger charge is -2.30. The zero-order valence-corrected chi connectivity index (χ0v) is 30.0. The first kappa shape index (κ1) is 34.7. The fourth-order valence-corrected chi connectivity index (χ4v) is 9.19. The number of nitrogens with one attached hydrogen (secondary N) is 2. The van der Waals surface area contributed by atoms with Gasteiger partial charge in [-0.25, -0.2) is 13.4 Å². The number of morpholine rings is 1. The number of fused-ring (bicyclic) bond motifs is 3. The summed E-state index contributed by atoms with van der Waals surface area (Å²) in [5.41, 5.74) is -0.409. The van der Waals surface area contributed by atoms with Crippen LogP contribution in [0.2, 0.25) is 0 Å². The van der Waals surface area contributed by atoms with E-state index in [-0.39, 0.29) is 43.6 Å². The van der Waals surface area contributed by atoms with Crippen molar-refractivity contribution in [2.75, 3.05) is 37.7 Å². The second-order valence-corrected chi connectivity index (χ2v) is 17.6. The van der Waals surface area contributed by atoms with Crippen LogP contribution in [0.5, 0.6) is 5.88 Å². The quantitative estimate of drug-likeness (QED) is 0.429. The number of hydrogen-bond donors (Lipinski definition) is 2. The number of sulfonamides is 1. The minimum Gasteiger partial charge on any atom is -0.472 e. The van der Waals surface area contributed by atoms with Crippen molar-refractivity contribution < 1.29 is 32.3 Å². The standard InChI is InChI=1S/C37H49N5O7S/c1-24-8-4-5-9-26-21-37(26,35(45)40-50(46,47)36(3)12-13-36)39-33(44)30-20-27(23-42(30)32(43)19-25(2)18-24)49-34-29-11-7-6-10-28(29)31(22-38-34)41-14-16-48-17-15-41/h5-7,9-11,22,24-27,30H,4,8,12-21,23H2,1-3H3,(H,39,44)(H,40,45)/b9-5-/t24-,25-,26-,27-,30+,37-/m1/s1. The number of aromatic nitrogens is 1. The molecule has 6 atom stereocenters. The Bertz CT molecular complexity index is 1790. The van der Waals surface area contributed by atoms with E-state index in [0.29, 0.717) is 37.9 Å². The predicted octanol–water partition coefficient (Wildman–Crippen LogP) is 3.70. The van der Waals surface area contributed by atoms with E-state index < -0.39 is 44.3 Å². The smallest absolute Gasteiger partial charge is 0.259 e. The summed E-state index contributed by atoms with van der Waals surface area (Å²) in [5, 5.41) is 4.79. The number of anilines is 1. The molecule has 12 nitrogen and oxygen atoms in total. The molecule has 270 valence electrons. The van der Waals surface area contributed by atoms with Crippen LogP contribution < -0.4 is 19.7 Å². The number of carbonyl (C=O) groups excluding carboxylic acids is 3. The van der Waals surface area contributed by atoms with Gasteiger partial charge < -0.3 is 24.6 Å². The first-order valence-corrected chi connectivity index (χ1v) is 19.6. The van der Waals surface area contributed by atoms with Gasteiger partial charge in [0.25, 0.3) is 5.91 Å². The first-order valence-electron chi connectivity index (χ1n) is 18.1. The number of carbonyl (C=O) groups is 3. The third-order valence-corrected chi connectivity index (χ3v) is 13.5. The van der Waals surface area contributed by atoms with Crippen LogP contribution in [-0.4, -0.2) is 91.3 Å². The summed E-state index contributed by atoms with van der Waals surface area (Å²) in [6, 6.07) is 7.04. The maximum atomic E-state index is 14.2. The van der Waals surface area contributed by atoms with Crippen LogP contribution >= 0.6 is 0 Å². The molecule has 5 aliphatic rings. The largest absolute Gasteiger partial charge is 0.472 e. The average Bonchev–Trinajstić information content (AvgIpc) is 3.97. The Morgan fingerprint density at radius 1 is 1.08 bits per heavy atom. The lowest BCUT2D eigenvalue weighted by molar-refractivity contribution is -0.140. The maximum absolute atomic E-state index is 14.2. The summed E-state index contributed by atoms with van der Waals surface area (Å²) in [7, 11) is -3.92. The Balaban J connectivity index is 1.16. The molecule has 2 saturated carbocycles. The Labute approximate surface area is 294 Å². The number of amides is 3. The van der Waals surface area contributed by atoms with Crippen LogP contribution in [0.25, 0.3) is 10.8 Å². The molecule has 1 aromatic heterocycles. The maximum Gasteiger partial charge on any atom is 0.259 e. The molecule has 0 unspecified atom stereocenters. The van der Waals surface area contributed by atoms with Gasteiger partial charge in [-0.2, -0.15) is 0 Å². The number of hydrogen-bond acceptors (Lipinski definition) is 9. The van der Waals surface area contributed by atoms with Crippen molar-refractivity contribution in [1.82, 2.24) is 19.9 Å². The Morgan fingerprint density at radius 2 is 1.82 bits per heavy atom. The minimum absolute atomic E-state index is 0.119. The van der Waals surface area contributed by atoms with Gasteiger partial charge in [-0.3, -0.25) is 19.1 Å². The number of allylic oxidation sites excluding steroid dienone is 1. The average molecular weight is 708 g/mol. The molecule has 2 N–H and O–H groups in total. The highest BCUT2D eigenvalue weighted by atomic mass is 32.2. The van der Waals surface area contributed by atoms with Crippen LogP contribution in [0.15, 0.2) is 42.6 Å². The van der Waals surface area contributed by atoms with E-state index in [9.17, 15) is 22.8 Å². The monoisotopic (exact) mass is 707 g/mol. The fourth-order valence-electron chi connectivity index (χ4n) is 7.88. The second kappa shape index (κ2) is 13.4. The van der Waals surface area contributed by atoms with Crippen molar-refractivity contribution in [2.24, 2.45) is 17.8 Å². The van der Waals surface area contributed by atoms with Crippen molar-refractivity contribution in [3.05, 3.63) is 42.6 Å². The zero-order valence-electron chi connectivity index (χ0n) is 29.2. The molecular weight excluding hydrogens is 659 g/mol. The highest BCUT2D eigenvalue weighted by molar-refractivity contribution is 7.91. The van der Waals surface area contributed by atoms with Gasteiger partial charge in [-0.1, -0.05) is 44.2 Å². The van der Waals surface area contributed by atoms with E-state index in [2.05, 4.69) is 28.8 Å². The Hall–Kier alpha value is -3.71. The van der Waals surface area contributed by atoms with E-state index in [1.165, 1.54) is 0 Å². The van der Waals surface area contributed by atoms with E-state index >= 15 is 0 Å². The minimum atomic E-state index is -3.92. The van der Waals surface area contributed by atoms with Crippen LogP contribution in [0, 0.1) is 17.8 Å². The number of nitrogens with zero attached hydrogens (tertiary/aromatic N) is 3. The Morgan fingerprint density at radius 3 is 2.56 bits per heavy atom. The van der Waals surface area contributed by atoms with Gasteiger partial charge in [-0.05, 0) is 63.4 Å². The van der Waals surface area contributed by atoms with Gasteiger partial charge in [0.05, 0.1) is 36.4 Å². The summed E-state index contributed by atoms with van der Waals surface area (Å²) >= 11 is 0. The van der Waals surface area contributed by atoms with Gasteiger partial charge in [-0.15, -0.1) is 0 Å². The molecule has 7 rings (SSSR count). The van der Waals surface area contributed by atoms with Crippen molar-refractivity contribution >= 4 is 44.2 Å². The molecule has 13 heteroatoms. The summed E-state index contributed by atoms with van der Waals surface area (Å²) in [6.07, 6.45) is 9.59. The molecule has 3 aliphatic heterocycles. The molecule has 2 aromatic rings. The Kier molecular flexibility index (Phi) is 9.34. The zero-order chi connectivity index (χ0) is 35.3. The molecule has 0 bridgehead atoms. The van der Waals surface area contributed by atoms with E-state index in [1.54, 1.807) is 11.8 Å². The third kappa shape index (κ3) is 6.82. The van der Waals surface area contributed by atoms with Crippen LogP contribution in [0.1, 0.15) is 72.1 Å². The van der Waals surface area contributed by atoms with Crippen LogP contribution in [0.4, 0.5) is 5.69 Å². The molecule has 0 radical (unpaired) electrons. The molecule has 4 heterocycles. The second-order valence-electron chi connectivity index (χ2n) is 15.4. The molecular formula is C37H49N5O7S. The van der Waals surface area contributed by atoms with E-state index in [1.807, 2.05) is 42.6 Å². The fraction of sp³-hybridized carbons (Fsp3) is 0.622. The van der Waals surface area contributed by atoms with Crippen molar-refractivity contribution in [3.8, 4) is 5.88 Å². The summed E-state index contributed by atoms with van der Waals surface area (Å²) < 4.78 is 39.6. The van der Waals surface area contributed by atoms with Gasteiger partial charge >= 0.3 is 0 Å². The van der Waals surface area contributed by atoms with Crippen LogP contribution in [0.3, 0.4) is 0 Å². The molecule has 4 fully saturated rings. The summed E-state index contributed by atoms with van der Waals surface area (Å²) in [6.45, 7) is 8.89. The molecule has 2 saturated heterocycles. The van der Waals surface area contributed by atoms with Gasteiger partial charge in [0.15, 0.2) is 0 Å². The van der Waals surface area contributed by atoms with Gasteiger partial charge in [0.1, 0.15) is 17.7 Å². The van der Waals surface area contributed by atoms with Crippen molar-refractivity contribution in [2.45, 2.75) is 94.6 Å². The third-order valence-electron chi connectivity index (χ3n) is 11.4. The predicted molar refractivity (Wildman–Crippen MR) is 189 cm³/mol. The highest BCUT2D eigenvalue weighted by Gasteiger charge is 2.63. The number of rotatable bonds is 6. The topological polar surface area (TPSA) is 147 Å². The normalized spacial score (nSPS) is 32.2. The van der Waals surface area contributed by atoms with Gasteiger partial charge in [0, 0.05) is 42.6 Å². The highest BCUT2D eigenvalue weighted by Crippen LogP contribution is 2.47. The summed E-state index contributed by atoms with van der Waals surface area (Å²) in [5.74, 6) is -0.767. The SMILES string of the molecule is C[C@@H]1CC/C=C\[C@@H]2C[C@@]2(C(=O)NS(=O)(=O)C2(C)CC2)NC(=O)[C@@H]2C[C@@H](Oc3ncc(N4CCOCC4)c4ccccc34)CN2C(=O)C[C@H](C)C1. The number of benzene rings is 1. The number of ether oxygens (including phenoxy) is 2. The molecule has 50 heavy (non-hydrogen) atoms. The summed E-state index contributed by atoms with van der Waals surface area (Å²) in [4.78, 5) is 50.5. The number of pyridine rings is 1. The van der Waals surface area contributed by atoms with Crippen molar-refractivity contribution in [1.29, 1.82) is 0 Å². The van der Waals surface area contributed by atoms with Crippen molar-refractivity contribution in [3.63, 3.8) is 0 Å². The van der Waals surface area contributed by atoms with E-state index in [0.717, 1.165) is 48.8 Å². The molecule has 0 spiro atoms. The van der Waals surface area contributed by atoms with Gasteiger partial charge in [0.2, 0.25) is 27.7 Å². The first-order chi connectivity index (χ1) is 23.9. The lowest BCUT2D eigenvalue weighted by atomic mass is 9.91. The van der Waals surface area contributed by atoms with Crippen LogP contribution in [-0.2, 0) is 29.1 Å². The molecule has 3 amide bonds. The van der Waals surface area contributed by atoms with E-state index in [4.69, 9.17) is 14.5 Å². The molecule has 2 aliphatic carbocycles. The molecule has 1 aromatic carbocycles.